The number of benzene rings is 1. The lowest BCUT2D eigenvalue weighted by atomic mass is 9.94. The van der Waals surface area contributed by atoms with E-state index in [1.807, 2.05) is 19.1 Å². The summed E-state index contributed by atoms with van der Waals surface area (Å²) in [6, 6.07) is 6.55. The van der Waals surface area contributed by atoms with E-state index in [0.717, 1.165) is 24.8 Å². The molecule has 2 aliphatic rings. The summed E-state index contributed by atoms with van der Waals surface area (Å²) in [4.78, 5) is 26.1. The van der Waals surface area contributed by atoms with E-state index >= 15 is 0 Å². The minimum absolute atomic E-state index is 0.107. The van der Waals surface area contributed by atoms with Crippen molar-refractivity contribution < 1.29 is 14.7 Å². The van der Waals surface area contributed by atoms with E-state index in [1.54, 1.807) is 17.0 Å². The molecular weight excluding hydrogens is 302 g/mol. The van der Waals surface area contributed by atoms with Crippen LogP contribution in [0.2, 0.25) is 5.02 Å². The second-order valence-electron chi connectivity index (χ2n) is 6.41. The van der Waals surface area contributed by atoms with Gasteiger partial charge >= 0.3 is 5.97 Å². The van der Waals surface area contributed by atoms with Gasteiger partial charge in [-0.1, -0.05) is 30.2 Å². The molecule has 1 aromatic rings. The van der Waals surface area contributed by atoms with Gasteiger partial charge < -0.3 is 10.0 Å². The molecule has 22 heavy (non-hydrogen) atoms. The van der Waals surface area contributed by atoms with Crippen LogP contribution in [0.5, 0.6) is 0 Å². The van der Waals surface area contributed by atoms with Crippen molar-refractivity contribution >= 4 is 23.5 Å². The van der Waals surface area contributed by atoms with Crippen molar-refractivity contribution in [3.05, 3.63) is 34.9 Å². The molecule has 0 radical (unpaired) electrons. The molecule has 4 atom stereocenters. The van der Waals surface area contributed by atoms with Crippen LogP contribution in [-0.2, 0) is 9.59 Å². The van der Waals surface area contributed by atoms with Gasteiger partial charge in [-0.05, 0) is 49.3 Å². The molecule has 0 aromatic heterocycles. The van der Waals surface area contributed by atoms with Crippen molar-refractivity contribution in [3.63, 3.8) is 0 Å². The molecule has 1 aliphatic carbocycles. The first-order valence-corrected chi connectivity index (χ1v) is 8.15. The quantitative estimate of drug-likeness (QED) is 0.930. The first-order chi connectivity index (χ1) is 10.5. The van der Waals surface area contributed by atoms with Gasteiger partial charge in [-0.3, -0.25) is 4.79 Å². The molecule has 4 unspecified atom stereocenters. The average molecular weight is 322 g/mol. The summed E-state index contributed by atoms with van der Waals surface area (Å²) in [7, 11) is 0. The molecule has 2 fully saturated rings. The Morgan fingerprint density at radius 3 is 2.82 bits per heavy atom. The maximum atomic E-state index is 12.8. The standard InChI is InChI=1S/C17H20ClNO3/c1-10(11-4-2-6-13(18)8-11)16(20)19-9-12-5-3-7-14(12)15(19)17(21)22/h2,4,6,8,10,12,14-15H,3,5,7,9H2,1H3,(H,21,22). The lowest BCUT2D eigenvalue weighted by Crippen LogP contribution is -2.44. The number of nitrogens with zero attached hydrogens (tertiary/aromatic N) is 1. The Morgan fingerprint density at radius 1 is 1.36 bits per heavy atom. The van der Waals surface area contributed by atoms with Crippen LogP contribution in [0.1, 0.15) is 37.7 Å². The van der Waals surface area contributed by atoms with Crippen molar-refractivity contribution in [1.82, 2.24) is 4.90 Å². The van der Waals surface area contributed by atoms with E-state index in [4.69, 9.17) is 11.6 Å². The highest BCUT2D eigenvalue weighted by atomic mass is 35.5. The van der Waals surface area contributed by atoms with Gasteiger partial charge in [-0.25, -0.2) is 4.79 Å². The van der Waals surface area contributed by atoms with E-state index in [9.17, 15) is 14.7 Å². The predicted molar refractivity (Wildman–Crippen MR) is 83.8 cm³/mol. The molecular formula is C17H20ClNO3. The fraction of sp³-hybridized carbons (Fsp3) is 0.529. The number of rotatable bonds is 3. The predicted octanol–water partition coefficient (Wildman–Crippen LogP) is 3.16. The number of likely N-dealkylation sites (tertiary alicyclic amines) is 1. The van der Waals surface area contributed by atoms with Gasteiger partial charge in [0.05, 0.1) is 5.92 Å². The van der Waals surface area contributed by atoms with Gasteiger partial charge in [-0.15, -0.1) is 0 Å². The molecule has 0 bridgehead atoms. The SMILES string of the molecule is CC(C(=O)N1CC2CCCC2C1C(=O)O)c1cccc(Cl)c1. The maximum absolute atomic E-state index is 12.8. The molecule has 0 spiro atoms. The van der Waals surface area contributed by atoms with Gasteiger partial charge in [0.15, 0.2) is 0 Å². The van der Waals surface area contributed by atoms with E-state index in [1.165, 1.54) is 0 Å². The Balaban J connectivity index is 1.83. The van der Waals surface area contributed by atoms with Gasteiger partial charge in [0.25, 0.3) is 0 Å². The Bertz CT molecular complexity index is 603. The van der Waals surface area contributed by atoms with Crippen LogP contribution in [0.15, 0.2) is 24.3 Å². The normalized spacial score (nSPS) is 28.5. The third-order valence-electron chi connectivity index (χ3n) is 5.15. The smallest absolute Gasteiger partial charge is 0.326 e. The average Bonchev–Trinajstić information content (AvgIpc) is 3.05. The van der Waals surface area contributed by atoms with Gasteiger partial charge in [0.1, 0.15) is 6.04 Å². The molecule has 118 valence electrons. The minimum atomic E-state index is -0.874. The molecule has 1 saturated carbocycles. The lowest BCUT2D eigenvalue weighted by molar-refractivity contribution is -0.150. The second-order valence-corrected chi connectivity index (χ2v) is 6.84. The first-order valence-electron chi connectivity index (χ1n) is 7.78. The van der Waals surface area contributed by atoms with Crippen LogP contribution >= 0.6 is 11.6 Å². The first kappa shape index (κ1) is 15.3. The van der Waals surface area contributed by atoms with Crippen molar-refractivity contribution in [1.29, 1.82) is 0 Å². The van der Waals surface area contributed by atoms with E-state index < -0.39 is 12.0 Å². The van der Waals surface area contributed by atoms with Crippen LogP contribution in [-0.4, -0.2) is 34.5 Å². The number of hydrogen-bond donors (Lipinski definition) is 1. The monoisotopic (exact) mass is 321 g/mol. The number of carboxylic acid groups (broad SMARTS) is 1. The zero-order valence-electron chi connectivity index (χ0n) is 12.5. The van der Waals surface area contributed by atoms with Crippen molar-refractivity contribution in [3.8, 4) is 0 Å². The number of carbonyl (C=O) groups excluding carboxylic acids is 1. The second kappa shape index (κ2) is 5.92. The Kier molecular flexibility index (Phi) is 4.13. The Labute approximate surface area is 135 Å². The number of hydrogen-bond acceptors (Lipinski definition) is 2. The largest absolute Gasteiger partial charge is 0.480 e. The molecule has 1 saturated heterocycles. The molecule has 1 amide bonds. The number of amides is 1. The number of carboxylic acids is 1. The van der Waals surface area contributed by atoms with Crippen LogP contribution in [0.4, 0.5) is 0 Å². The molecule has 1 aromatic carbocycles. The highest BCUT2D eigenvalue weighted by Gasteiger charge is 2.50. The number of carbonyl (C=O) groups is 2. The van der Waals surface area contributed by atoms with E-state index in [-0.39, 0.29) is 17.7 Å². The van der Waals surface area contributed by atoms with Crippen LogP contribution in [0.25, 0.3) is 0 Å². The lowest BCUT2D eigenvalue weighted by Gasteiger charge is -2.27. The molecule has 5 heteroatoms. The zero-order valence-corrected chi connectivity index (χ0v) is 13.3. The molecule has 1 aliphatic heterocycles. The van der Waals surface area contributed by atoms with Gasteiger partial charge in [-0.2, -0.15) is 0 Å². The summed E-state index contributed by atoms with van der Waals surface area (Å²) in [5.41, 5.74) is 0.832. The van der Waals surface area contributed by atoms with Crippen LogP contribution < -0.4 is 0 Å². The maximum Gasteiger partial charge on any atom is 0.326 e. The van der Waals surface area contributed by atoms with Gasteiger partial charge in [0, 0.05) is 11.6 Å². The third kappa shape index (κ3) is 2.60. The summed E-state index contributed by atoms with van der Waals surface area (Å²) < 4.78 is 0. The Morgan fingerprint density at radius 2 is 2.14 bits per heavy atom. The molecule has 1 N–H and O–H groups in total. The highest BCUT2D eigenvalue weighted by molar-refractivity contribution is 6.30. The fourth-order valence-corrected chi connectivity index (χ4v) is 4.21. The molecule has 1 heterocycles. The van der Waals surface area contributed by atoms with E-state index in [0.29, 0.717) is 17.5 Å². The summed E-state index contributed by atoms with van der Waals surface area (Å²) in [5.74, 6) is -0.894. The number of aliphatic carboxylic acids is 1. The summed E-state index contributed by atoms with van der Waals surface area (Å²) >= 11 is 5.99. The summed E-state index contributed by atoms with van der Waals surface area (Å²) in [6.07, 6.45) is 3.02. The van der Waals surface area contributed by atoms with Crippen LogP contribution in [0.3, 0.4) is 0 Å². The van der Waals surface area contributed by atoms with E-state index in [2.05, 4.69) is 0 Å². The topological polar surface area (TPSA) is 57.6 Å². The summed E-state index contributed by atoms with van der Waals surface area (Å²) in [5, 5.41) is 10.1. The fourth-order valence-electron chi connectivity index (χ4n) is 4.02. The Hall–Kier alpha value is -1.55. The number of halogens is 1. The zero-order chi connectivity index (χ0) is 15.9. The summed E-state index contributed by atoms with van der Waals surface area (Å²) in [6.45, 7) is 2.40. The van der Waals surface area contributed by atoms with Gasteiger partial charge in [0.2, 0.25) is 5.91 Å². The van der Waals surface area contributed by atoms with Crippen molar-refractivity contribution in [2.75, 3.05) is 6.54 Å². The van der Waals surface area contributed by atoms with Crippen molar-refractivity contribution in [2.45, 2.75) is 38.1 Å². The number of fused-ring (bicyclic) bond motifs is 1. The highest BCUT2D eigenvalue weighted by Crippen LogP contribution is 2.43. The van der Waals surface area contributed by atoms with Crippen molar-refractivity contribution in [2.24, 2.45) is 11.8 Å². The molecule has 4 nitrogen and oxygen atoms in total. The van der Waals surface area contributed by atoms with Crippen LogP contribution in [0, 0.1) is 11.8 Å². The minimum Gasteiger partial charge on any atom is -0.480 e. The third-order valence-corrected chi connectivity index (χ3v) is 5.38. The molecule has 3 rings (SSSR count).